The lowest BCUT2D eigenvalue weighted by Crippen LogP contribution is -2.28. The van der Waals surface area contributed by atoms with E-state index in [9.17, 15) is 14.4 Å². The highest BCUT2D eigenvalue weighted by Crippen LogP contribution is 2.08. The number of carboxylic acid groups (broad SMARTS) is 1. The number of hydrogen-bond donors (Lipinski definition) is 1. The van der Waals surface area contributed by atoms with Crippen LogP contribution < -0.4 is 0 Å². The molecule has 1 atom stereocenters. The first-order chi connectivity index (χ1) is 8.00. The van der Waals surface area contributed by atoms with E-state index in [-0.39, 0.29) is 12.2 Å². The van der Waals surface area contributed by atoms with Crippen molar-refractivity contribution in [1.29, 1.82) is 0 Å². The predicted molar refractivity (Wildman–Crippen MR) is 58.6 cm³/mol. The molecule has 5 heteroatoms. The summed E-state index contributed by atoms with van der Waals surface area (Å²) in [4.78, 5) is 33.1. The Balaban J connectivity index is 2.71. The molecule has 0 heterocycles. The molecule has 1 N–H and O–H groups in total. The Labute approximate surface area is 98.0 Å². The van der Waals surface area contributed by atoms with E-state index in [0.29, 0.717) is 5.56 Å². The average molecular weight is 236 g/mol. The van der Waals surface area contributed by atoms with Crippen LogP contribution in [0.2, 0.25) is 0 Å². The third-order valence-electron chi connectivity index (χ3n) is 2.05. The Morgan fingerprint density at radius 3 is 2.29 bits per heavy atom. The van der Waals surface area contributed by atoms with Crippen LogP contribution >= 0.6 is 0 Å². The summed E-state index contributed by atoms with van der Waals surface area (Å²) >= 11 is 0. The van der Waals surface area contributed by atoms with Gasteiger partial charge in [0, 0.05) is 12.5 Å². The van der Waals surface area contributed by atoms with Crippen LogP contribution in [0.5, 0.6) is 0 Å². The first-order valence-electron chi connectivity index (χ1n) is 4.99. The fourth-order valence-corrected chi connectivity index (χ4v) is 1.29. The number of benzene rings is 1. The number of carbonyl (C=O) groups excluding carboxylic acids is 2. The highest BCUT2D eigenvalue weighted by atomic mass is 16.6. The van der Waals surface area contributed by atoms with Gasteiger partial charge in [-0.3, -0.25) is 9.59 Å². The van der Waals surface area contributed by atoms with Gasteiger partial charge in [0.25, 0.3) is 0 Å². The maximum absolute atomic E-state index is 11.7. The molecule has 90 valence electrons. The number of rotatable bonds is 5. The van der Waals surface area contributed by atoms with Crippen LogP contribution in [-0.2, 0) is 14.3 Å². The lowest BCUT2D eigenvalue weighted by atomic mass is 10.1. The van der Waals surface area contributed by atoms with E-state index in [1.807, 2.05) is 0 Å². The molecule has 0 aliphatic heterocycles. The molecule has 0 aromatic heterocycles. The van der Waals surface area contributed by atoms with Gasteiger partial charge in [-0.15, -0.1) is 0 Å². The van der Waals surface area contributed by atoms with Crippen molar-refractivity contribution in [2.45, 2.75) is 19.4 Å². The van der Waals surface area contributed by atoms with Crippen molar-refractivity contribution in [2.24, 2.45) is 0 Å². The molecular weight excluding hydrogens is 224 g/mol. The van der Waals surface area contributed by atoms with Crippen molar-refractivity contribution in [3.05, 3.63) is 35.9 Å². The van der Waals surface area contributed by atoms with Gasteiger partial charge in [-0.1, -0.05) is 30.3 Å². The van der Waals surface area contributed by atoms with Gasteiger partial charge in [0.15, 0.2) is 5.78 Å². The minimum atomic E-state index is -1.43. The number of aliphatic carboxylic acids is 1. The van der Waals surface area contributed by atoms with Gasteiger partial charge in [0.05, 0.1) is 6.42 Å². The third-order valence-corrected chi connectivity index (χ3v) is 2.05. The van der Waals surface area contributed by atoms with Crippen LogP contribution in [-0.4, -0.2) is 28.9 Å². The molecule has 0 spiro atoms. The monoisotopic (exact) mass is 236 g/mol. The molecule has 5 nitrogen and oxygen atoms in total. The number of esters is 1. The molecule has 0 aliphatic rings. The second kappa shape index (κ2) is 5.79. The maximum Gasteiger partial charge on any atom is 0.345 e. The number of carboxylic acids is 1. The van der Waals surface area contributed by atoms with Crippen molar-refractivity contribution in [3.63, 3.8) is 0 Å². The van der Waals surface area contributed by atoms with Gasteiger partial charge in [-0.25, -0.2) is 4.79 Å². The Morgan fingerprint density at radius 1 is 1.24 bits per heavy atom. The van der Waals surface area contributed by atoms with Crippen LogP contribution in [0, 0.1) is 0 Å². The van der Waals surface area contributed by atoms with Crippen molar-refractivity contribution >= 4 is 17.7 Å². The van der Waals surface area contributed by atoms with Crippen molar-refractivity contribution in [3.8, 4) is 0 Å². The first kappa shape index (κ1) is 12.9. The number of carbonyl (C=O) groups is 3. The molecule has 0 radical (unpaired) electrons. The Morgan fingerprint density at radius 2 is 1.82 bits per heavy atom. The van der Waals surface area contributed by atoms with E-state index in [1.165, 1.54) is 0 Å². The van der Waals surface area contributed by atoms with Crippen molar-refractivity contribution in [2.75, 3.05) is 0 Å². The summed E-state index contributed by atoms with van der Waals surface area (Å²) in [6, 6.07) is 8.26. The first-order valence-corrected chi connectivity index (χ1v) is 4.99. The van der Waals surface area contributed by atoms with Gasteiger partial charge in [-0.2, -0.15) is 0 Å². The summed E-state index contributed by atoms with van der Waals surface area (Å²) in [6.45, 7) is 1.10. The van der Waals surface area contributed by atoms with Gasteiger partial charge in [0.2, 0.25) is 6.10 Å². The topological polar surface area (TPSA) is 80.7 Å². The molecule has 1 aromatic rings. The zero-order valence-corrected chi connectivity index (χ0v) is 9.25. The summed E-state index contributed by atoms with van der Waals surface area (Å²) in [6.07, 6.45) is -1.79. The van der Waals surface area contributed by atoms with Crippen LogP contribution in [0.1, 0.15) is 23.7 Å². The molecule has 0 fully saturated rings. The van der Waals surface area contributed by atoms with E-state index >= 15 is 0 Å². The lowest BCUT2D eigenvalue weighted by Gasteiger charge is -2.11. The van der Waals surface area contributed by atoms with Crippen LogP contribution in [0.15, 0.2) is 30.3 Å². The highest BCUT2D eigenvalue weighted by molar-refractivity contribution is 5.98. The summed E-state index contributed by atoms with van der Waals surface area (Å²) in [5.74, 6) is -2.43. The largest absolute Gasteiger partial charge is 0.478 e. The number of Topliss-reactive ketones (excluding diaryl/α,β-unsaturated/α-hetero) is 1. The average Bonchev–Trinajstić information content (AvgIpc) is 2.28. The quantitative estimate of drug-likeness (QED) is 0.615. The smallest absolute Gasteiger partial charge is 0.345 e. The standard InChI is InChI=1S/C12H12O5/c1-8(13)17-11(12(15)16)7-10(14)9-5-3-2-4-6-9/h2-6,11H,7H2,1H3,(H,15,16)/t11-/m1/s1. The zero-order valence-electron chi connectivity index (χ0n) is 9.25. The normalized spacial score (nSPS) is 11.6. The number of ether oxygens (including phenoxy) is 1. The maximum atomic E-state index is 11.7. The second-order valence-electron chi connectivity index (χ2n) is 3.43. The molecule has 0 saturated carbocycles. The van der Waals surface area contributed by atoms with Gasteiger partial charge < -0.3 is 9.84 Å². The molecule has 0 aliphatic carbocycles. The molecule has 0 unspecified atom stereocenters. The number of ketones is 1. The van der Waals surface area contributed by atoms with Crippen molar-refractivity contribution in [1.82, 2.24) is 0 Å². The van der Waals surface area contributed by atoms with E-state index in [4.69, 9.17) is 5.11 Å². The zero-order chi connectivity index (χ0) is 12.8. The van der Waals surface area contributed by atoms with E-state index in [1.54, 1.807) is 30.3 Å². The van der Waals surface area contributed by atoms with Gasteiger partial charge in [-0.05, 0) is 0 Å². The van der Waals surface area contributed by atoms with Crippen LogP contribution in [0.4, 0.5) is 0 Å². The fraction of sp³-hybridized carbons (Fsp3) is 0.250. The molecule has 0 amide bonds. The minimum Gasteiger partial charge on any atom is -0.478 e. The SMILES string of the molecule is CC(=O)O[C@H](CC(=O)c1ccccc1)C(=O)O. The second-order valence-corrected chi connectivity index (χ2v) is 3.43. The lowest BCUT2D eigenvalue weighted by molar-refractivity contribution is -0.162. The van der Waals surface area contributed by atoms with Crippen LogP contribution in [0.3, 0.4) is 0 Å². The summed E-state index contributed by atoms with van der Waals surface area (Å²) in [5.41, 5.74) is 0.394. The highest BCUT2D eigenvalue weighted by Gasteiger charge is 2.24. The van der Waals surface area contributed by atoms with Gasteiger partial charge >= 0.3 is 11.9 Å². The summed E-state index contributed by atoms with van der Waals surface area (Å²) in [5, 5.41) is 8.79. The van der Waals surface area contributed by atoms with Gasteiger partial charge in [0.1, 0.15) is 0 Å². The fourth-order valence-electron chi connectivity index (χ4n) is 1.29. The Kier molecular flexibility index (Phi) is 4.39. The molecular formula is C12H12O5. The predicted octanol–water partition coefficient (Wildman–Crippen LogP) is 1.28. The molecule has 1 aromatic carbocycles. The van der Waals surface area contributed by atoms with E-state index in [0.717, 1.165) is 6.92 Å². The molecule has 1 rings (SSSR count). The van der Waals surface area contributed by atoms with E-state index < -0.39 is 18.0 Å². The third kappa shape index (κ3) is 4.06. The van der Waals surface area contributed by atoms with Crippen molar-refractivity contribution < 1.29 is 24.2 Å². The summed E-state index contributed by atoms with van der Waals surface area (Å²) in [7, 11) is 0. The van der Waals surface area contributed by atoms with Crippen LogP contribution in [0.25, 0.3) is 0 Å². The summed E-state index contributed by atoms with van der Waals surface area (Å²) < 4.78 is 4.54. The Bertz CT molecular complexity index is 424. The minimum absolute atomic E-state index is 0.362. The molecule has 17 heavy (non-hydrogen) atoms. The Hall–Kier alpha value is -2.17. The molecule has 0 bridgehead atoms. The van der Waals surface area contributed by atoms with E-state index in [2.05, 4.69) is 4.74 Å². The number of hydrogen-bond acceptors (Lipinski definition) is 4. The molecule has 0 saturated heterocycles.